The van der Waals surface area contributed by atoms with Crippen LogP contribution in [0.1, 0.15) is 22.3 Å². The zero-order valence-electron chi connectivity index (χ0n) is 14.3. The summed E-state index contributed by atoms with van der Waals surface area (Å²) in [5.41, 5.74) is 2.61. The molecule has 0 aliphatic carbocycles. The predicted molar refractivity (Wildman–Crippen MR) is 97.3 cm³/mol. The summed E-state index contributed by atoms with van der Waals surface area (Å²) in [6.45, 7) is 2.05. The zero-order valence-corrected chi connectivity index (χ0v) is 14.3. The monoisotopic (exact) mass is 355 g/mol. The fourth-order valence-corrected chi connectivity index (χ4v) is 2.91. The Kier molecular flexibility index (Phi) is 5.74. The Labute approximate surface area is 151 Å². The maximum absolute atomic E-state index is 12.7. The minimum absolute atomic E-state index is 0.585. The molecule has 3 aromatic carbocycles. The van der Waals surface area contributed by atoms with Crippen LogP contribution < -0.4 is 0 Å². The van der Waals surface area contributed by atoms with E-state index in [4.69, 9.17) is 0 Å². The molecule has 0 radical (unpaired) electrons. The van der Waals surface area contributed by atoms with Crippen LogP contribution in [0.25, 0.3) is 0 Å². The Morgan fingerprint density at radius 1 is 0.538 bits per heavy atom. The molecule has 0 amide bonds. The van der Waals surface area contributed by atoms with E-state index in [-0.39, 0.29) is 0 Å². The topological polar surface area (TPSA) is 3.24 Å². The second-order valence-electron chi connectivity index (χ2n) is 6.31. The van der Waals surface area contributed by atoms with Gasteiger partial charge in [-0.1, -0.05) is 72.8 Å². The maximum atomic E-state index is 12.7. The van der Waals surface area contributed by atoms with Crippen LogP contribution in [-0.4, -0.2) is 4.90 Å². The van der Waals surface area contributed by atoms with Crippen LogP contribution in [0.3, 0.4) is 0 Å². The molecular weight excluding hydrogens is 335 g/mol. The molecule has 1 nitrogen and oxygen atoms in total. The van der Waals surface area contributed by atoms with E-state index in [1.807, 2.05) is 36.4 Å². The van der Waals surface area contributed by atoms with Gasteiger partial charge in [0.2, 0.25) is 0 Å². The normalized spacial score (nSPS) is 11.7. The van der Waals surface area contributed by atoms with Crippen LogP contribution in [0.15, 0.2) is 84.9 Å². The lowest BCUT2D eigenvalue weighted by Crippen LogP contribution is -2.22. The molecule has 0 unspecified atom stereocenters. The third-order valence-corrected chi connectivity index (χ3v) is 4.19. The molecule has 0 heterocycles. The van der Waals surface area contributed by atoms with E-state index in [2.05, 4.69) is 29.2 Å². The van der Waals surface area contributed by atoms with Crippen molar-refractivity contribution in [1.29, 1.82) is 0 Å². The van der Waals surface area contributed by atoms with Gasteiger partial charge in [0.25, 0.3) is 0 Å². The van der Waals surface area contributed by atoms with E-state index in [1.165, 1.54) is 11.1 Å². The number of benzene rings is 3. The van der Waals surface area contributed by atoms with Crippen molar-refractivity contribution < 1.29 is 13.2 Å². The molecule has 0 spiro atoms. The van der Waals surface area contributed by atoms with Crippen molar-refractivity contribution in [2.75, 3.05) is 0 Å². The minimum atomic E-state index is -4.30. The van der Waals surface area contributed by atoms with Crippen molar-refractivity contribution >= 4 is 0 Å². The highest BCUT2D eigenvalue weighted by Gasteiger charge is 2.29. The lowest BCUT2D eigenvalue weighted by atomic mass is 10.1. The number of hydrogen-bond donors (Lipinski definition) is 0. The highest BCUT2D eigenvalue weighted by atomic mass is 19.4. The first kappa shape index (κ1) is 18.2. The van der Waals surface area contributed by atoms with Crippen LogP contribution in [0.2, 0.25) is 0 Å². The molecule has 0 saturated carbocycles. The lowest BCUT2D eigenvalue weighted by molar-refractivity contribution is -0.137. The number of alkyl halides is 3. The highest BCUT2D eigenvalue weighted by molar-refractivity contribution is 5.25. The van der Waals surface area contributed by atoms with Crippen LogP contribution in [-0.2, 0) is 25.8 Å². The van der Waals surface area contributed by atoms with Crippen molar-refractivity contribution in [2.24, 2.45) is 0 Å². The first-order valence-electron chi connectivity index (χ1n) is 8.47. The number of rotatable bonds is 6. The van der Waals surface area contributed by atoms with Gasteiger partial charge in [0.05, 0.1) is 5.56 Å². The van der Waals surface area contributed by atoms with Gasteiger partial charge in [0.1, 0.15) is 0 Å². The van der Waals surface area contributed by atoms with Gasteiger partial charge in [0, 0.05) is 19.6 Å². The summed E-state index contributed by atoms with van der Waals surface area (Å²) in [5, 5.41) is 0. The van der Waals surface area contributed by atoms with E-state index in [0.717, 1.165) is 30.8 Å². The number of hydrogen-bond acceptors (Lipinski definition) is 1. The molecular formula is C22H20F3N. The fraction of sp³-hybridized carbons (Fsp3) is 0.182. The molecule has 3 aromatic rings. The summed E-state index contributed by atoms with van der Waals surface area (Å²) in [6.07, 6.45) is -4.30. The average Bonchev–Trinajstić information content (AvgIpc) is 2.63. The molecule has 134 valence electrons. The van der Waals surface area contributed by atoms with Crippen LogP contribution in [0, 0.1) is 0 Å². The van der Waals surface area contributed by atoms with Crippen molar-refractivity contribution in [3.8, 4) is 0 Å². The second-order valence-corrected chi connectivity index (χ2v) is 6.31. The average molecular weight is 355 g/mol. The second kappa shape index (κ2) is 8.19. The van der Waals surface area contributed by atoms with Gasteiger partial charge >= 0.3 is 6.18 Å². The molecule has 3 rings (SSSR count). The third-order valence-electron chi connectivity index (χ3n) is 4.19. The summed E-state index contributed by atoms with van der Waals surface area (Å²) in [7, 11) is 0. The van der Waals surface area contributed by atoms with Crippen molar-refractivity contribution in [3.63, 3.8) is 0 Å². The van der Waals surface area contributed by atoms with Gasteiger partial charge < -0.3 is 0 Å². The maximum Gasteiger partial charge on any atom is 0.416 e. The van der Waals surface area contributed by atoms with Gasteiger partial charge in [-0.15, -0.1) is 0 Å². The fourth-order valence-electron chi connectivity index (χ4n) is 2.91. The quantitative estimate of drug-likeness (QED) is 0.531. The summed E-state index contributed by atoms with van der Waals surface area (Å²) < 4.78 is 38.2. The first-order chi connectivity index (χ1) is 12.5. The standard InChI is InChI=1S/C22H20F3N/c23-22(24,25)21-13-11-20(12-14-21)17-26(15-18-7-3-1-4-8-18)16-19-9-5-2-6-10-19/h1-14H,15-17H2. The Morgan fingerprint density at radius 3 is 1.31 bits per heavy atom. The summed E-state index contributed by atoms with van der Waals surface area (Å²) >= 11 is 0. The zero-order chi connectivity index (χ0) is 18.4. The Hall–Kier alpha value is -2.59. The van der Waals surface area contributed by atoms with E-state index in [9.17, 15) is 13.2 Å². The smallest absolute Gasteiger partial charge is 0.291 e. The van der Waals surface area contributed by atoms with Crippen LogP contribution in [0.5, 0.6) is 0 Å². The van der Waals surface area contributed by atoms with E-state index in [1.54, 1.807) is 12.1 Å². The van der Waals surface area contributed by atoms with Gasteiger partial charge in [0.15, 0.2) is 0 Å². The van der Waals surface area contributed by atoms with Crippen molar-refractivity contribution in [3.05, 3.63) is 107 Å². The van der Waals surface area contributed by atoms with Crippen molar-refractivity contribution in [1.82, 2.24) is 4.90 Å². The van der Waals surface area contributed by atoms with Crippen LogP contribution >= 0.6 is 0 Å². The molecule has 0 saturated heterocycles. The summed E-state index contributed by atoms with van der Waals surface area (Å²) in [6, 6.07) is 25.6. The summed E-state index contributed by atoms with van der Waals surface area (Å²) in [4.78, 5) is 2.23. The minimum Gasteiger partial charge on any atom is -0.291 e. The lowest BCUT2D eigenvalue weighted by Gasteiger charge is -2.23. The molecule has 0 aliphatic rings. The van der Waals surface area contributed by atoms with Gasteiger partial charge in [-0.25, -0.2) is 0 Å². The molecule has 0 N–H and O–H groups in total. The van der Waals surface area contributed by atoms with Gasteiger partial charge in [-0.05, 0) is 28.8 Å². The van der Waals surface area contributed by atoms with Gasteiger partial charge in [-0.3, -0.25) is 4.90 Å². The van der Waals surface area contributed by atoms with E-state index >= 15 is 0 Å². The van der Waals surface area contributed by atoms with E-state index in [0.29, 0.717) is 6.54 Å². The Balaban J connectivity index is 1.76. The van der Waals surface area contributed by atoms with Gasteiger partial charge in [-0.2, -0.15) is 13.2 Å². The molecule has 0 fully saturated rings. The molecule has 0 bridgehead atoms. The van der Waals surface area contributed by atoms with Crippen molar-refractivity contribution in [2.45, 2.75) is 25.8 Å². The largest absolute Gasteiger partial charge is 0.416 e. The predicted octanol–water partition coefficient (Wildman–Crippen LogP) is 5.91. The highest BCUT2D eigenvalue weighted by Crippen LogP contribution is 2.29. The SMILES string of the molecule is FC(F)(F)c1ccc(CN(Cc2ccccc2)Cc2ccccc2)cc1. The summed E-state index contributed by atoms with van der Waals surface area (Å²) in [5.74, 6) is 0. The number of nitrogens with zero attached hydrogens (tertiary/aromatic N) is 1. The molecule has 26 heavy (non-hydrogen) atoms. The molecule has 0 aromatic heterocycles. The molecule has 4 heteroatoms. The Morgan fingerprint density at radius 2 is 0.923 bits per heavy atom. The number of halogens is 3. The third kappa shape index (κ3) is 5.20. The van der Waals surface area contributed by atoms with E-state index < -0.39 is 11.7 Å². The van der Waals surface area contributed by atoms with Crippen LogP contribution in [0.4, 0.5) is 13.2 Å². The Bertz CT molecular complexity index is 755. The molecule has 0 aliphatic heterocycles. The molecule has 0 atom stereocenters. The first-order valence-corrected chi connectivity index (χ1v) is 8.47.